The number of carbonyl (C=O) groups is 2. The molecule has 2 rings (SSSR count). The van der Waals surface area contributed by atoms with Crippen LogP contribution < -0.4 is 20.7 Å². The average molecular weight is 398 g/mol. The molecule has 0 unspecified atom stereocenters. The van der Waals surface area contributed by atoms with E-state index in [0.717, 1.165) is 5.56 Å². The Morgan fingerprint density at radius 2 is 1.69 bits per heavy atom. The molecule has 0 heterocycles. The Hall–Kier alpha value is -2.64. The van der Waals surface area contributed by atoms with Gasteiger partial charge in [-0.05, 0) is 29.8 Å². The number of nitrogens with one attached hydrogen (secondary N) is 3. The van der Waals surface area contributed by atoms with Crippen molar-refractivity contribution in [3.05, 3.63) is 52.0 Å². The molecule has 0 aliphatic heterocycles. The quantitative estimate of drug-likeness (QED) is 0.692. The smallest absolute Gasteiger partial charge is 0.411 e. The highest BCUT2D eigenvalue weighted by atomic mass is 35.5. The average Bonchev–Trinajstić information content (AvgIpc) is 2.60. The van der Waals surface area contributed by atoms with Crippen molar-refractivity contribution in [2.75, 3.05) is 24.9 Å². The molecule has 138 valence electrons. The summed E-state index contributed by atoms with van der Waals surface area (Å²) in [7, 11) is 2.73. The van der Waals surface area contributed by atoms with Gasteiger partial charge >= 0.3 is 12.1 Å². The van der Waals surface area contributed by atoms with Gasteiger partial charge in [-0.2, -0.15) is 0 Å². The SMILES string of the molecule is COC(=O)Nc1cccc(CNC(=O)Nc2cc(Cl)c(OC)c(Cl)c2)c1. The molecule has 2 aromatic rings. The Bertz CT molecular complexity index is 791. The van der Waals surface area contributed by atoms with Crippen molar-refractivity contribution in [1.29, 1.82) is 0 Å². The molecule has 0 spiro atoms. The van der Waals surface area contributed by atoms with E-state index in [4.69, 9.17) is 27.9 Å². The molecule has 3 amide bonds. The van der Waals surface area contributed by atoms with Crippen LogP contribution >= 0.6 is 23.2 Å². The lowest BCUT2D eigenvalue weighted by atomic mass is 10.2. The predicted octanol–water partition coefficient (Wildman–Crippen LogP) is 4.50. The fraction of sp³-hybridized carbons (Fsp3) is 0.176. The predicted molar refractivity (Wildman–Crippen MR) is 101 cm³/mol. The van der Waals surface area contributed by atoms with E-state index in [-0.39, 0.29) is 16.6 Å². The van der Waals surface area contributed by atoms with Crippen LogP contribution in [0, 0.1) is 0 Å². The van der Waals surface area contributed by atoms with Crippen LogP contribution in [0.15, 0.2) is 36.4 Å². The molecule has 0 saturated heterocycles. The second kappa shape index (κ2) is 9.17. The second-order valence-corrected chi connectivity index (χ2v) is 5.91. The van der Waals surface area contributed by atoms with Gasteiger partial charge < -0.3 is 20.1 Å². The molecule has 0 aliphatic rings. The molecular weight excluding hydrogens is 381 g/mol. The van der Waals surface area contributed by atoms with Crippen LogP contribution in [0.4, 0.5) is 21.0 Å². The first-order chi connectivity index (χ1) is 12.4. The van der Waals surface area contributed by atoms with Gasteiger partial charge in [0, 0.05) is 17.9 Å². The minimum Gasteiger partial charge on any atom is -0.494 e. The van der Waals surface area contributed by atoms with E-state index in [2.05, 4.69) is 20.7 Å². The summed E-state index contributed by atoms with van der Waals surface area (Å²) in [5.41, 5.74) is 1.78. The molecule has 0 saturated carbocycles. The molecule has 9 heteroatoms. The third-order valence-corrected chi connectivity index (χ3v) is 3.83. The highest BCUT2D eigenvalue weighted by molar-refractivity contribution is 6.37. The number of amides is 3. The third kappa shape index (κ3) is 5.44. The standard InChI is InChI=1S/C17H17Cl2N3O4/c1-25-15-13(18)7-12(8-14(15)19)21-16(23)20-9-10-4-3-5-11(6-10)22-17(24)26-2/h3-8H,9H2,1-2H3,(H,22,24)(H2,20,21,23). The normalized spacial score (nSPS) is 10.0. The summed E-state index contributed by atoms with van der Waals surface area (Å²) in [5.74, 6) is 0.342. The van der Waals surface area contributed by atoms with Gasteiger partial charge in [-0.15, -0.1) is 0 Å². The summed E-state index contributed by atoms with van der Waals surface area (Å²) in [6.07, 6.45) is -0.568. The van der Waals surface area contributed by atoms with Crippen LogP contribution in [0.2, 0.25) is 10.0 Å². The fourth-order valence-corrected chi connectivity index (χ4v) is 2.75. The molecular formula is C17H17Cl2N3O4. The fourth-order valence-electron chi connectivity index (χ4n) is 2.11. The Kier molecular flexibility index (Phi) is 6.94. The van der Waals surface area contributed by atoms with Gasteiger partial charge in [0.2, 0.25) is 0 Å². The molecule has 2 aromatic carbocycles. The van der Waals surface area contributed by atoms with E-state index in [9.17, 15) is 9.59 Å². The zero-order chi connectivity index (χ0) is 19.1. The van der Waals surface area contributed by atoms with Crippen molar-refractivity contribution >= 4 is 46.7 Å². The number of rotatable bonds is 5. The van der Waals surface area contributed by atoms with Crippen molar-refractivity contribution < 1.29 is 19.1 Å². The third-order valence-electron chi connectivity index (χ3n) is 3.27. The molecule has 0 radical (unpaired) electrons. The minimum absolute atomic E-state index is 0.250. The highest BCUT2D eigenvalue weighted by Gasteiger charge is 2.10. The van der Waals surface area contributed by atoms with Gasteiger partial charge in [-0.1, -0.05) is 35.3 Å². The van der Waals surface area contributed by atoms with Crippen LogP contribution in [0.25, 0.3) is 0 Å². The number of urea groups is 1. The van der Waals surface area contributed by atoms with Gasteiger partial charge in [0.05, 0.1) is 24.3 Å². The number of hydrogen-bond acceptors (Lipinski definition) is 4. The van der Waals surface area contributed by atoms with E-state index < -0.39 is 12.1 Å². The van der Waals surface area contributed by atoms with Gasteiger partial charge in [-0.25, -0.2) is 9.59 Å². The van der Waals surface area contributed by atoms with Gasteiger partial charge in [0.1, 0.15) is 0 Å². The summed E-state index contributed by atoms with van der Waals surface area (Å²) >= 11 is 12.1. The van der Waals surface area contributed by atoms with Crippen LogP contribution in [-0.2, 0) is 11.3 Å². The number of halogens is 2. The number of methoxy groups -OCH3 is 2. The largest absolute Gasteiger partial charge is 0.494 e. The van der Waals surface area contributed by atoms with Crippen molar-refractivity contribution in [1.82, 2.24) is 5.32 Å². The first-order valence-electron chi connectivity index (χ1n) is 7.44. The van der Waals surface area contributed by atoms with Gasteiger partial charge in [-0.3, -0.25) is 5.32 Å². The zero-order valence-electron chi connectivity index (χ0n) is 14.1. The lowest BCUT2D eigenvalue weighted by molar-refractivity contribution is 0.187. The van der Waals surface area contributed by atoms with Crippen molar-refractivity contribution in [2.24, 2.45) is 0 Å². The topological polar surface area (TPSA) is 88.7 Å². The van der Waals surface area contributed by atoms with Crippen LogP contribution in [-0.4, -0.2) is 26.3 Å². The Morgan fingerprint density at radius 1 is 1.00 bits per heavy atom. The Labute approximate surface area is 160 Å². The maximum Gasteiger partial charge on any atom is 0.411 e. The Balaban J connectivity index is 1.95. The van der Waals surface area contributed by atoms with Crippen LogP contribution in [0.3, 0.4) is 0 Å². The minimum atomic E-state index is -0.568. The molecule has 0 bridgehead atoms. The maximum absolute atomic E-state index is 12.0. The molecule has 0 aromatic heterocycles. The van der Waals surface area contributed by atoms with Gasteiger partial charge in [0.25, 0.3) is 0 Å². The van der Waals surface area contributed by atoms with E-state index >= 15 is 0 Å². The number of ether oxygens (including phenoxy) is 2. The molecule has 26 heavy (non-hydrogen) atoms. The van der Waals surface area contributed by atoms with Crippen molar-refractivity contribution in [2.45, 2.75) is 6.54 Å². The van der Waals surface area contributed by atoms with Gasteiger partial charge in [0.15, 0.2) is 5.75 Å². The zero-order valence-corrected chi connectivity index (χ0v) is 15.6. The Morgan fingerprint density at radius 3 is 2.31 bits per heavy atom. The summed E-state index contributed by atoms with van der Waals surface area (Å²) < 4.78 is 9.59. The summed E-state index contributed by atoms with van der Waals surface area (Å²) in [5, 5.41) is 8.46. The summed E-state index contributed by atoms with van der Waals surface area (Å²) in [4.78, 5) is 23.3. The van der Waals surface area contributed by atoms with E-state index in [0.29, 0.717) is 17.1 Å². The molecule has 3 N–H and O–H groups in total. The summed E-state index contributed by atoms with van der Waals surface area (Å²) in [6.45, 7) is 0.250. The summed E-state index contributed by atoms with van der Waals surface area (Å²) in [6, 6.07) is 9.63. The first-order valence-corrected chi connectivity index (χ1v) is 8.20. The van der Waals surface area contributed by atoms with Crippen molar-refractivity contribution in [3.8, 4) is 5.75 Å². The number of benzene rings is 2. The molecule has 7 nitrogen and oxygen atoms in total. The van der Waals surface area contributed by atoms with Crippen LogP contribution in [0.1, 0.15) is 5.56 Å². The molecule has 0 atom stereocenters. The lowest BCUT2D eigenvalue weighted by Crippen LogP contribution is -2.28. The monoisotopic (exact) mass is 397 g/mol. The first kappa shape index (κ1) is 19.7. The lowest BCUT2D eigenvalue weighted by Gasteiger charge is -2.11. The van der Waals surface area contributed by atoms with E-state index in [1.165, 1.54) is 26.4 Å². The second-order valence-electron chi connectivity index (χ2n) is 5.10. The van der Waals surface area contributed by atoms with Crippen LogP contribution in [0.5, 0.6) is 5.75 Å². The van der Waals surface area contributed by atoms with E-state index in [1.807, 2.05) is 6.07 Å². The molecule has 0 aliphatic carbocycles. The van der Waals surface area contributed by atoms with E-state index in [1.54, 1.807) is 18.2 Å². The highest BCUT2D eigenvalue weighted by Crippen LogP contribution is 2.35. The van der Waals surface area contributed by atoms with Crippen molar-refractivity contribution in [3.63, 3.8) is 0 Å². The maximum atomic E-state index is 12.0. The number of carbonyl (C=O) groups excluding carboxylic acids is 2. The molecule has 0 fully saturated rings. The number of anilines is 2. The number of hydrogen-bond donors (Lipinski definition) is 3.